The Morgan fingerprint density at radius 1 is 1.33 bits per heavy atom. The molecule has 0 aliphatic rings. The van der Waals surface area contributed by atoms with Crippen LogP contribution in [0.5, 0.6) is 0 Å². The highest BCUT2D eigenvalue weighted by atomic mass is 15.2. The Balaban J connectivity index is 2.13. The van der Waals surface area contributed by atoms with E-state index in [0.717, 1.165) is 17.7 Å². The van der Waals surface area contributed by atoms with Crippen molar-refractivity contribution in [1.29, 1.82) is 0 Å². The third kappa shape index (κ3) is 2.90. The predicted molar refractivity (Wildman–Crippen MR) is 74.6 cm³/mol. The average Bonchev–Trinajstić information content (AvgIpc) is 2.75. The highest BCUT2D eigenvalue weighted by Crippen LogP contribution is 2.20. The quantitative estimate of drug-likeness (QED) is 0.891. The fourth-order valence-corrected chi connectivity index (χ4v) is 1.95. The van der Waals surface area contributed by atoms with Gasteiger partial charge in [-0.1, -0.05) is 12.1 Å². The van der Waals surface area contributed by atoms with Gasteiger partial charge in [-0.15, -0.1) is 0 Å². The summed E-state index contributed by atoms with van der Waals surface area (Å²) >= 11 is 0. The van der Waals surface area contributed by atoms with Crippen molar-refractivity contribution in [3.8, 4) is 0 Å². The zero-order valence-corrected chi connectivity index (χ0v) is 11.2. The Kier molecular flexibility index (Phi) is 3.67. The number of hydrogen-bond donors (Lipinski definition) is 1. The number of nitrogens with two attached hydrogens (primary N) is 1. The van der Waals surface area contributed by atoms with Crippen molar-refractivity contribution >= 4 is 5.69 Å². The molecular formula is C14H20N4. The van der Waals surface area contributed by atoms with Crippen molar-refractivity contribution in [2.75, 3.05) is 19.0 Å². The van der Waals surface area contributed by atoms with Crippen molar-refractivity contribution in [3.63, 3.8) is 0 Å². The molecule has 0 aliphatic heterocycles. The Morgan fingerprint density at radius 3 is 2.72 bits per heavy atom. The number of rotatable bonds is 4. The molecule has 96 valence electrons. The summed E-state index contributed by atoms with van der Waals surface area (Å²) in [5.74, 6) is 0. The summed E-state index contributed by atoms with van der Waals surface area (Å²) in [6.45, 7) is 0. The van der Waals surface area contributed by atoms with Crippen LogP contribution in [0.2, 0.25) is 0 Å². The molecule has 1 aromatic heterocycles. The minimum absolute atomic E-state index is 0.0141. The highest BCUT2D eigenvalue weighted by molar-refractivity contribution is 5.47. The molecule has 1 aromatic carbocycles. The lowest BCUT2D eigenvalue weighted by molar-refractivity contribution is 0.675. The van der Waals surface area contributed by atoms with Crippen LogP contribution in [-0.4, -0.2) is 23.9 Å². The Hall–Kier alpha value is -1.81. The Morgan fingerprint density at radius 2 is 2.11 bits per heavy atom. The smallest absolute Gasteiger partial charge is 0.0643 e. The second kappa shape index (κ2) is 5.23. The number of aromatic nitrogens is 2. The summed E-state index contributed by atoms with van der Waals surface area (Å²) < 4.78 is 1.80. The van der Waals surface area contributed by atoms with E-state index >= 15 is 0 Å². The van der Waals surface area contributed by atoms with E-state index in [0.29, 0.717) is 0 Å². The third-order valence-electron chi connectivity index (χ3n) is 3.01. The van der Waals surface area contributed by atoms with Crippen molar-refractivity contribution in [3.05, 3.63) is 47.8 Å². The van der Waals surface area contributed by atoms with Crippen molar-refractivity contribution in [2.45, 2.75) is 12.5 Å². The monoisotopic (exact) mass is 244 g/mol. The summed E-state index contributed by atoms with van der Waals surface area (Å²) in [4.78, 5) is 2.08. The van der Waals surface area contributed by atoms with E-state index in [4.69, 9.17) is 5.73 Å². The maximum absolute atomic E-state index is 6.24. The van der Waals surface area contributed by atoms with Gasteiger partial charge in [0.25, 0.3) is 0 Å². The topological polar surface area (TPSA) is 47.1 Å². The van der Waals surface area contributed by atoms with Crippen LogP contribution in [0, 0.1) is 0 Å². The average molecular weight is 244 g/mol. The van der Waals surface area contributed by atoms with Gasteiger partial charge >= 0.3 is 0 Å². The first-order chi connectivity index (χ1) is 8.56. The second-order valence-electron chi connectivity index (χ2n) is 4.78. The lowest BCUT2D eigenvalue weighted by Crippen LogP contribution is -2.15. The first kappa shape index (κ1) is 12.6. The van der Waals surface area contributed by atoms with Crippen LogP contribution in [-0.2, 0) is 13.5 Å². The summed E-state index contributed by atoms with van der Waals surface area (Å²) in [5.41, 5.74) is 9.58. The molecule has 1 unspecified atom stereocenters. The molecular weight excluding hydrogens is 224 g/mol. The van der Waals surface area contributed by atoms with Gasteiger partial charge in [0.1, 0.15) is 0 Å². The molecule has 0 radical (unpaired) electrons. The summed E-state index contributed by atoms with van der Waals surface area (Å²) in [6.07, 6.45) is 2.70. The largest absolute Gasteiger partial charge is 0.378 e. The van der Waals surface area contributed by atoms with Gasteiger partial charge in [0.05, 0.1) is 5.69 Å². The first-order valence-corrected chi connectivity index (χ1v) is 6.07. The first-order valence-electron chi connectivity index (χ1n) is 6.07. The molecule has 0 aliphatic carbocycles. The van der Waals surface area contributed by atoms with Crippen LogP contribution in [0.1, 0.15) is 17.3 Å². The van der Waals surface area contributed by atoms with Crippen LogP contribution in [0.3, 0.4) is 0 Å². The molecule has 0 amide bonds. The van der Waals surface area contributed by atoms with Crippen LogP contribution < -0.4 is 10.6 Å². The van der Waals surface area contributed by atoms with E-state index < -0.39 is 0 Å². The fraction of sp³-hybridized carbons (Fsp3) is 0.357. The summed E-state index contributed by atoms with van der Waals surface area (Å²) in [6, 6.07) is 10.3. The number of aryl methyl sites for hydroxylation is 1. The molecule has 2 aromatic rings. The number of hydrogen-bond acceptors (Lipinski definition) is 3. The fourth-order valence-electron chi connectivity index (χ4n) is 1.95. The van der Waals surface area contributed by atoms with Crippen molar-refractivity contribution in [2.24, 2.45) is 12.8 Å². The lowest BCUT2D eigenvalue weighted by Gasteiger charge is -2.16. The highest BCUT2D eigenvalue weighted by Gasteiger charge is 2.09. The molecule has 4 heteroatoms. The third-order valence-corrected chi connectivity index (χ3v) is 3.01. The van der Waals surface area contributed by atoms with E-state index in [2.05, 4.69) is 28.2 Å². The van der Waals surface area contributed by atoms with E-state index in [1.807, 2.05) is 39.5 Å². The minimum Gasteiger partial charge on any atom is -0.378 e. The maximum Gasteiger partial charge on any atom is 0.0643 e. The van der Waals surface area contributed by atoms with Gasteiger partial charge in [-0.05, 0) is 23.8 Å². The van der Waals surface area contributed by atoms with Gasteiger partial charge in [0.15, 0.2) is 0 Å². The van der Waals surface area contributed by atoms with E-state index in [9.17, 15) is 0 Å². The zero-order valence-electron chi connectivity index (χ0n) is 11.2. The normalized spacial score (nSPS) is 12.4. The van der Waals surface area contributed by atoms with Gasteiger partial charge < -0.3 is 10.6 Å². The summed E-state index contributed by atoms with van der Waals surface area (Å²) in [5, 5.41) is 4.36. The van der Waals surface area contributed by atoms with E-state index in [-0.39, 0.29) is 6.04 Å². The molecule has 0 saturated carbocycles. The number of benzene rings is 1. The van der Waals surface area contributed by atoms with Crippen LogP contribution in [0.25, 0.3) is 0 Å². The molecule has 4 nitrogen and oxygen atoms in total. The lowest BCUT2D eigenvalue weighted by atomic mass is 10.0. The molecule has 1 atom stereocenters. The van der Waals surface area contributed by atoms with Gasteiger partial charge in [-0.25, -0.2) is 0 Å². The molecule has 0 spiro atoms. The van der Waals surface area contributed by atoms with E-state index in [1.165, 1.54) is 5.69 Å². The van der Waals surface area contributed by atoms with Crippen molar-refractivity contribution in [1.82, 2.24) is 9.78 Å². The minimum atomic E-state index is -0.0141. The van der Waals surface area contributed by atoms with Gasteiger partial charge in [-0.3, -0.25) is 4.68 Å². The van der Waals surface area contributed by atoms with Crippen LogP contribution >= 0.6 is 0 Å². The molecule has 18 heavy (non-hydrogen) atoms. The second-order valence-corrected chi connectivity index (χ2v) is 4.78. The number of nitrogens with zero attached hydrogens (tertiary/aromatic N) is 3. The Bertz CT molecular complexity index is 516. The van der Waals surface area contributed by atoms with Gasteiger partial charge in [0, 0.05) is 45.5 Å². The molecule has 0 bridgehead atoms. The molecule has 0 fully saturated rings. The molecule has 2 N–H and O–H groups in total. The Labute approximate surface area is 108 Å². The maximum atomic E-state index is 6.24. The summed E-state index contributed by atoms with van der Waals surface area (Å²) in [7, 11) is 5.98. The van der Waals surface area contributed by atoms with Gasteiger partial charge in [-0.2, -0.15) is 5.10 Å². The number of anilines is 1. The van der Waals surface area contributed by atoms with Crippen LogP contribution in [0.4, 0.5) is 5.69 Å². The SMILES string of the molecule is CN(C)c1cccc(C(N)Cc2ccn(C)n2)c1. The standard InChI is InChI=1S/C14H20N4/c1-17(2)13-6-4-5-11(9-13)14(15)10-12-7-8-18(3)16-12/h4-9,14H,10,15H2,1-3H3. The van der Waals surface area contributed by atoms with Gasteiger partial charge in [0.2, 0.25) is 0 Å². The molecule has 0 saturated heterocycles. The van der Waals surface area contributed by atoms with Crippen molar-refractivity contribution < 1.29 is 0 Å². The van der Waals surface area contributed by atoms with E-state index in [1.54, 1.807) is 4.68 Å². The molecule has 1 heterocycles. The van der Waals surface area contributed by atoms with Crippen LogP contribution in [0.15, 0.2) is 36.5 Å². The molecule has 2 rings (SSSR count). The zero-order chi connectivity index (χ0) is 13.1. The predicted octanol–water partition coefficient (Wildman–Crippen LogP) is 1.73.